The number of halogens is 2. The van der Waals surface area contributed by atoms with Crippen molar-refractivity contribution in [2.24, 2.45) is 5.16 Å². The van der Waals surface area contributed by atoms with E-state index in [9.17, 15) is 4.79 Å². The highest BCUT2D eigenvalue weighted by Gasteiger charge is 2.19. The Labute approximate surface area is 180 Å². The van der Waals surface area contributed by atoms with Crippen LogP contribution in [-0.4, -0.2) is 33.0 Å². The van der Waals surface area contributed by atoms with Crippen molar-refractivity contribution in [2.45, 2.75) is 6.61 Å². The van der Waals surface area contributed by atoms with Gasteiger partial charge in [-0.1, -0.05) is 35.5 Å². The summed E-state index contributed by atoms with van der Waals surface area (Å²) >= 11 is 6.69. The van der Waals surface area contributed by atoms with Gasteiger partial charge in [0.1, 0.15) is 13.7 Å². The Balaban J connectivity index is 2.34. The summed E-state index contributed by atoms with van der Waals surface area (Å²) in [6, 6.07) is 12.8. The van der Waals surface area contributed by atoms with Gasteiger partial charge in [0.05, 0.1) is 17.6 Å². The number of rotatable bonds is 8. The summed E-state index contributed by atoms with van der Waals surface area (Å²) in [5.74, 6) is 0.566. The summed E-state index contributed by atoms with van der Waals surface area (Å²) in [6.45, 7) is 0.189. The van der Waals surface area contributed by atoms with Gasteiger partial charge in [0.15, 0.2) is 17.2 Å². The van der Waals surface area contributed by atoms with Crippen LogP contribution in [-0.2, 0) is 21.0 Å². The molecule has 0 aliphatic carbocycles. The molecule has 2 aromatic rings. The van der Waals surface area contributed by atoms with Gasteiger partial charge in [-0.25, -0.2) is 4.79 Å². The van der Waals surface area contributed by atoms with Gasteiger partial charge in [-0.3, -0.25) is 0 Å². The normalized spacial score (nSPS) is 10.8. The van der Waals surface area contributed by atoms with Crippen LogP contribution in [0, 0.1) is 0 Å². The topological polar surface area (TPSA) is 66.4 Å². The summed E-state index contributed by atoms with van der Waals surface area (Å²) in [5.41, 5.74) is 2.29. The van der Waals surface area contributed by atoms with Crippen LogP contribution in [0.15, 0.2) is 51.0 Å². The lowest BCUT2D eigenvalue weighted by Crippen LogP contribution is -2.19. The number of hydrogen-bond donors (Lipinski definition) is 0. The molecule has 0 fully saturated rings. The third-order valence-electron chi connectivity index (χ3n) is 3.68. The lowest BCUT2D eigenvalue weighted by molar-refractivity contribution is -0.132. The zero-order chi connectivity index (χ0) is 20.5. The number of ether oxygens (including phenoxy) is 3. The second-order valence-corrected chi connectivity index (χ2v) is 8.18. The first-order chi connectivity index (χ1) is 13.5. The maximum absolute atomic E-state index is 12.1. The van der Waals surface area contributed by atoms with Crippen molar-refractivity contribution in [1.29, 1.82) is 0 Å². The third kappa shape index (κ3) is 5.84. The highest BCUT2D eigenvalue weighted by molar-refractivity contribution is 9.28. The molecule has 0 bridgehead atoms. The second-order valence-electron chi connectivity index (χ2n) is 5.40. The number of oxime groups is 1. The standard InChI is InChI=1S/C20H19Br2NO5/c1-25-16-9-8-13(11-18(21)22)10-17(16)28-12-14-6-4-5-7-15(14)19(23-27-3)20(24)26-2/h4-11H,12H2,1-3H3/b23-19+. The van der Waals surface area contributed by atoms with Crippen molar-refractivity contribution in [3.05, 3.63) is 62.5 Å². The average molecular weight is 513 g/mol. The van der Waals surface area contributed by atoms with E-state index in [1.807, 2.05) is 36.4 Å². The fourth-order valence-corrected chi connectivity index (χ4v) is 2.97. The predicted molar refractivity (Wildman–Crippen MR) is 115 cm³/mol. The monoisotopic (exact) mass is 511 g/mol. The third-order valence-corrected chi connectivity index (χ3v) is 4.14. The molecular weight excluding hydrogens is 494 g/mol. The number of nitrogens with zero attached hydrogens (tertiary/aromatic N) is 1. The summed E-state index contributed by atoms with van der Waals surface area (Å²) in [6.07, 6.45) is 1.89. The van der Waals surface area contributed by atoms with Crippen molar-refractivity contribution >= 4 is 49.6 Å². The van der Waals surface area contributed by atoms with Crippen LogP contribution in [0.25, 0.3) is 6.08 Å². The van der Waals surface area contributed by atoms with Gasteiger partial charge in [0, 0.05) is 5.56 Å². The molecule has 0 unspecified atom stereocenters. The SMILES string of the molecule is CO/N=C(/C(=O)OC)c1ccccc1COc1cc(C=C(Br)Br)ccc1OC. The minimum atomic E-state index is -0.596. The van der Waals surface area contributed by atoms with Crippen LogP contribution in [0.4, 0.5) is 0 Å². The molecule has 0 atom stereocenters. The maximum atomic E-state index is 12.1. The highest BCUT2D eigenvalue weighted by Crippen LogP contribution is 2.31. The Hall–Kier alpha value is -2.32. The van der Waals surface area contributed by atoms with Crippen LogP contribution < -0.4 is 9.47 Å². The Morgan fingerprint density at radius 2 is 1.82 bits per heavy atom. The Morgan fingerprint density at radius 1 is 1.07 bits per heavy atom. The molecule has 0 amide bonds. The van der Waals surface area contributed by atoms with E-state index in [1.54, 1.807) is 19.2 Å². The molecule has 28 heavy (non-hydrogen) atoms. The van der Waals surface area contributed by atoms with E-state index < -0.39 is 5.97 Å². The fraction of sp³-hybridized carbons (Fsp3) is 0.200. The molecule has 148 valence electrons. The number of carbonyl (C=O) groups excluding carboxylic acids is 1. The molecule has 2 rings (SSSR count). The number of hydrogen-bond acceptors (Lipinski definition) is 6. The van der Waals surface area contributed by atoms with Gasteiger partial charge in [0.25, 0.3) is 0 Å². The van der Waals surface area contributed by atoms with Crippen molar-refractivity contribution in [3.63, 3.8) is 0 Å². The van der Waals surface area contributed by atoms with E-state index in [0.29, 0.717) is 17.1 Å². The van der Waals surface area contributed by atoms with Gasteiger partial charge in [-0.15, -0.1) is 0 Å². The fourth-order valence-electron chi connectivity index (χ4n) is 2.44. The van der Waals surface area contributed by atoms with Crippen molar-refractivity contribution in [1.82, 2.24) is 0 Å². The molecule has 0 aromatic heterocycles. The number of carbonyl (C=O) groups is 1. The molecule has 8 heteroatoms. The predicted octanol–water partition coefficient (Wildman–Crippen LogP) is 4.89. The Bertz CT molecular complexity index is 892. The van der Waals surface area contributed by atoms with E-state index >= 15 is 0 Å². The van der Waals surface area contributed by atoms with E-state index in [-0.39, 0.29) is 12.3 Å². The van der Waals surface area contributed by atoms with Crippen LogP contribution >= 0.6 is 31.9 Å². The maximum Gasteiger partial charge on any atom is 0.360 e. The molecule has 0 radical (unpaired) electrons. The number of benzene rings is 2. The zero-order valence-corrected chi connectivity index (χ0v) is 18.7. The van der Waals surface area contributed by atoms with Crippen LogP contribution in [0.3, 0.4) is 0 Å². The van der Waals surface area contributed by atoms with E-state index in [4.69, 9.17) is 19.0 Å². The second kappa shape index (κ2) is 10.9. The van der Waals surface area contributed by atoms with Crippen LogP contribution in [0.5, 0.6) is 11.5 Å². The lowest BCUT2D eigenvalue weighted by Gasteiger charge is -2.14. The van der Waals surface area contributed by atoms with Gasteiger partial charge < -0.3 is 19.0 Å². The van der Waals surface area contributed by atoms with E-state index in [1.165, 1.54) is 14.2 Å². The molecule has 6 nitrogen and oxygen atoms in total. The highest BCUT2D eigenvalue weighted by atomic mass is 79.9. The van der Waals surface area contributed by atoms with Crippen molar-refractivity contribution in [3.8, 4) is 11.5 Å². The van der Waals surface area contributed by atoms with Crippen LogP contribution in [0.2, 0.25) is 0 Å². The first-order valence-electron chi connectivity index (χ1n) is 8.11. The van der Waals surface area contributed by atoms with Gasteiger partial charge in [-0.2, -0.15) is 0 Å². The van der Waals surface area contributed by atoms with Crippen molar-refractivity contribution in [2.75, 3.05) is 21.3 Å². The summed E-state index contributed by atoms with van der Waals surface area (Å²) in [4.78, 5) is 16.9. The largest absolute Gasteiger partial charge is 0.493 e. The Morgan fingerprint density at radius 3 is 2.46 bits per heavy atom. The average Bonchev–Trinajstić information content (AvgIpc) is 2.70. The zero-order valence-electron chi connectivity index (χ0n) is 15.6. The number of esters is 1. The van der Waals surface area contributed by atoms with Gasteiger partial charge in [-0.05, 0) is 61.2 Å². The first-order valence-corrected chi connectivity index (χ1v) is 9.70. The van der Waals surface area contributed by atoms with Crippen molar-refractivity contribution < 1.29 is 23.8 Å². The summed E-state index contributed by atoms with van der Waals surface area (Å²) in [7, 11) is 4.24. The summed E-state index contributed by atoms with van der Waals surface area (Å²) in [5, 5.41) is 3.81. The Kier molecular flexibility index (Phi) is 8.53. The molecule has 0 aliphatic heterocycles. The minimum Gasteiger partial charge on any atom is -0.493 e. The van der Waals surface area contributed by atoms with Gasteiger partial charge >= 0.3 is 5.97 Å². The first kappa shape index (κ1) is 22.0. The smallest absolute Gasteiger partial charge is 0.360 e. The summed E-state index contributed by atoms with van der Waals surface area (Å²) < 4.78 is 17.0. The van der Waals surface area contributed by atoms with E-state index in [0.717, 1.165) is 14.5 Å². The number of methoxy groups -OCH3 is 2. The minimum absolute atomic E-state index is 0.0658. The van der Waals surface area contributed by atoms with E-state index in [2.05, 4.69) is 37.0 Å². The molecule has 0 spiro atoms. The molecule has 0 saturated heterocycles. The molecular formula is C20H19Br2NO5. The quantitative estimate of drug-likeness (QED) is 0.286. The molecule has 2 aromatic carbocycles. The van der Waals surface area contributed by atoms with Gasteiger partial charge in [0.2, 0.25) is 0 Å². The van der Waals surface area contributed by atoms with Crippen LogP contribution in [0.1, 0.15) is 16.7 Å². The lowest BCUT2D eigenvalue weighted by atomic mass is 10.0. The molecule has 0 heterocycles. The molecule has 0 N–H and O–H groups in total. The molecule has 0 aliphatic rings. The molecule has 0 saturated carbocycles.